The number of aldehydes is 1. The first-order valence-electron chi connectivity index (χ1n) is 10.9. The summed E-state index contributed by atoms with van der Waals surface area (Å²) in [6.45, 7) is 12.3. The lowest BCUT2D eigenvalue weighted by molar-refractivity contribution is -0.147. The minimum Gasteiger partial charge on any atom is -0.456 e. The predicted molar refractivity (Wildman–Crippen MR) is 119 cm³/mol. The highest BCUT2D eigenvalue weighted by Crippen LogP contribution is 2.46. The predicted octanol–water partition coefficient (Wildman–Crippen LogP) is 4.90. The number of ether oxygens (including phenoxy) is 2. The molecule has 1 aromatic rings. The third kappa shape index (κ3) is 5.17. The Morgan fingerprint density at radius 3 is 2.16 bits per heavy atom. The van der Waals surface area contributed by atoms with Gasteiger partial charge in [0.1, 0.15) is 17.5 Å². The Balaban J connectivity index is 1.88. The smallest absolute Gasteiger partial charge is 0.410 e. The average molecular weight is 428 g/mol. The minimum atomic E-state index is -0.603. The van der Waals surface area contributed by atoms with Gasteiger partial charge in [-0.25, -0.2) is 9.59 Å². The molecule has 6 nitrogen and oxygen atoms in total. The molecular weight excluding hydrogens is 394 g/mol. The van der Waals surface area contributed by atoms with E-state index in [1.165, 1.54) is 0 Å². The summed E-state index contributed by atoms with van der Waals surface area (Å²) >= 11 is 0. The van der Waals surface area contributed by atoms with Gasteiger partial charge in [-0.15, -0.1) is 0 Å². The van der Waals surface area contributed by atoms with Crippen molar-refractivity contribution in [2.45, 2.75) is 77.4 Å². The first-order valence-corrected chi connectivity index (χ1v) is 10.9. The van der Waals surface area contributed by atoms with Gasteiger partial charge in [-0.1, -0.05) is 18.2 Å². The summed E-state index contributed by atoms with van der Waals surface area (Å²) in [6.07, 6.45) is 4.65. The summed E-state index contributed by atoms with van der Waals surface area (Å²) in [6, 6.07) is 5.53. The molecule has 1 spiro atoms. The standard InChI is InChI=1S/C25H33NO5/c1-23(2,3)30-21(28)18-9-10-25(20-8-7-17(16-27)15-19(18)20)11-13-26(14-12-25)22(29)31-24(4,5)6/h7-9,15-16H,10-14H2,1-6H3. The van der Waals surface area contributed by atoms with Crippen LogP contribution in [0, 0.1) is 0 Å². The van der Waals surface area contributed by atoms with Crippen LogP contribution >= 0.6 is 0 Å². The second kappa shape index (κ2) is 8.13. The summed E-state index contributed by atoms with van der Waals surface area (Å²) in [4.78, 5) is 38.5. The van der Waals surface area contributed by atoms with Crippen LogP contribution in [0.1, 0.15) is 82.3 Å². The number of fused-ring (bicyclic) bond motifs is 2. The third-order valence-corrected chi connectivity index (χ3v) is 5.73. The van der Waals surface area contributed by atoms with E-state index in [1.54, 1.807) is 17.0 Å². The topological polar surface area (TPSA) is 72.9 Å². The Morgan fingerprint density at radius 2 is 1.61 bits per heavy atom. The number of rotatable bonds is 2. The number of esters is 1. The van der Waals surface area contributed by atoms with Gasteiger partial charge in [-0.05, 0) is 78.0 Å². The molecule has 0 saturated carbocycles. The molecule has 0 aromatic heterocycles. The molecule has 2 aliphatic rings. The minimum absolute atomic E-state index is 0.180. The lowest BCUT2D eigenvalue weighted by Gasteiger charge is -2.44. The van der Waals surface area contributed by atoms with E-state index in [1.807, 2.05) is 53.7 Å². The maximum absolute atomic E-state index is 12.9. The Labute approximate surface area is 184 Å². The largest absolute Gasteiger partial charge is 0.456 e. The van der Waals surface area contributed by atoms with Gasteiger partial charge in [-0.3, -0.25) is 4.79 Å². The molecule has 1 aromatic carbocycles. The van der Waals surface area contributed by atoms with Crippen LogP contribution < -0.4 is 0 Å². The van der Waals surface area contributed by atoms with Crippen molar-refractivity contribution in [3.8, 4) is 0 Å². The maximum atomic E-state index is 12.9. The van der Waals surface area contributed by atoms with E-state index in [9.17, 15) is 14.4 Å². The van der Waals surface area contributed by atoms with Crippen LogP contribution in [0.3, 0.4) is 0 Å². The normalized spacial score (nSPS) is 18.1. The first kappa shape index (κ1) is 23.0. The van der Waals surface area contributed by atoms with Gasteiger partial charge in [0.2, 0.25) is 0 Å². The molecule has 0 unspecified atom stereocenters. The Kier molecular flexibility index (Phi) is 6.05. The van der Waals surface area contributed by atoms with Gasteiger partial charge < -0.3 is 14.4 Å². The van der Waals surface area contributed by atoms with E-state index >= 15 is 0 Å². The fraction of sp³-hybridized carbons (Fsp3) is 0.560. The molecule has 6 heteroatoms. The number of benzene rings is 1. The summed E-state index contributed by atoms with van der Waals surface area (Å²) in [7, 11) is 0. The molecule has 1 saturated heterocycles. The van der Waals surface area contributed by atoms with Crippen LogP contribution in [0.25, 0.3) is 5.57 Å². The molecule has 0 N–H and O–H groups in total. The van der Waals surface area contributed by atoms with Crippen molar-refractivity contribution in [3.63, 3.8) is 0 Å². The van der Waals surface area contributed by atoms with Crippen LogP contribution in [0.4, 0.5) is 4.79 Å². The zero-order valence-corrected chi connectivity index (χ0v) is 19.4. The van der Waals surface area contributed by atoms with Crippen molar-refractivity contribution in [1.29, 1.82) is 0 Å². The zero-order valence-electron chi connectivity index (χ0n) is 19.4. The fourth-order valence-corrected chi connectivity index (χ4v) is 4.28. The van der Waals surface area contributed by atoms with Gasteiger partial charge >= 0.3 is 12.1 Å². The number of carbonyl (C=O) groups excluding carboxylic acids is 3. The Hall–Kier alpha value is -2.63. The van der Waals surface area contributed by atoms with Crippen molar-refractivity contribution < 1.29 is 23.9 Å². The van der Waals surface area contributed by atoms with E-state index in [0.29, 0.717) is 30.6 Å². The van der Waals surface area contributed by atoms with Crippen LogP contribution in [0.15, 0.2) is 24.3 Å². The number of hydrogen-bond donors (Lipinski definition) is 0. The highest BCUT2D eigenvalue weighted by atomic mass is 16.6. The molecule has 1 amide bonds. The number of hydrogen-bond acceptors (Lipinski definition) is 5. The molecule has 1 heterocycles. The summed E-state index contributed by atoms with van der Waals surface area (Å²) in [5.41, 5.74) is 1.53. The number of allylic oxidation sites excluding steroid dienone is 1. The maximum Gasteiger partial charge on any atom is 0.410 e. The molecule has 1 fully saturated rings. The van der Waals surface area contributed by atoms with E-state index in [2.05, 4.69) is 0 Å². The highest BCUT2D eigenvalue weighted by molar-refractivity contribution is 6.17. The SMILES string of the molecule is CC(C)(C)OC(=O)C1=CCC2(CCN(C(=O)OC(C)(C)C)CC2)c2ccc(C=O)cc21. The zero-order chi connectivity index (χ0) is 23.0. The monoisotopic (exact) mass is 427 g/mol. The number of carbonyl (C=O) groups is 3. The lowest BCUT2D eigenvalue weighted by Crippen LogP contribution is -2.47. The summed E-state index contributed by atoms with van der Waals surface area (Å²) in [5.74, 6) is -0.377. The second-order valence-corrected chi connectivity index (χ2v) is 10.5. The van der Waals surface area contributed by atoms with Crippen molar-refractivity contribution in [3.05, 3.63) is 41.0 Å². The number of likely N-dealkylation sites (tertiary alicyclic amines) is 1. The van der Waals surface area contributed by atoms with Crippen molar-refractivity contribution in [1.82, 2.24) is 4.90 Å². The van der Waals surface area contributed by atoms with Crippen molar-refractivity contribution in [2.75, 3.05) is 13.1 Å². The summed E-state index contributed by atoms with van der Waals surface area (Å²) in [5, 5.41) is 0. The summed E-state index contributed by atoms with van der Waals surface area (Å²) < 4.78 is 11.1. The molecular formula is C25H33NO5. The number of nitrogens with zero attached hydrogens (tertiary/aromatic N) is 1. The van der Waals surface area contributed by atoms with Crippen LogP contribution in [0.5, 0.6) is 0 Å². The van der Waals surface area contributed by atoms with Gasteiger partial charge in [0.05, 0.1) is 5.57 Å². The number of piperidine rings is 1. The highest BCUT2D eigenvalue weighted by Gasteiger charge is 2.42. The molecule has 3 rings (SSSR count). The van der Waals surface area contributed by atoms with Crippen LogP contribution in [0.2, 0.25) is 0 Å². The van der Waals surface area contributed by atoms with Gasteiger partial charge in [0, 0.05) is 24.1 Å². The van der Waals surface area contributed by atoms with E-state index in [4.69, 9.17) is 9.47 Å². The van der Waals surface area contributed by atoms with Gasteiger partial charge in [-0.2, -0.15) is 0 Å². The third-order valence-electron chi connectivity index (χ3n) is 5.73. The molecule has 1 aliphatic heterocycles. The van der Waals surface area contributed by atoms with Crippen molar-refractivity contribution >= 4 is 23.9 Å². The van der Waals surface area contributed by atoms with Crippen molar-refractivity contribution in [2.24, 2.45) is 0 Å². The molecule has 0 bridgehead atoms. The lowest BCUT2D eigenvalue weighted by atomic mass is 9.65. The van der Waals surface area contributed by atoms with E-state index in [-0.39, 0.29) is 17.5 Å². The van der Waals surface area contributed by atoms with E-state index < -0.39 is 11.2 Å². The van der Waals surface area contributed by atoms with Gasteiger partial charge in [0.25, 0.3) is 0 Å². The number of amides is 1. The molecule has 168 valence electrons. The first-order chi connectivity index (χ1) is 14.3. The Bertz CT molecular complexity index is 909. The molecule has 1 aliphatic carbocycles. The molecule has 0 atom stereocenters. The van der Waals surface area contributed by atoms with Crippen LogP contribution in [-0.4, -0.2) is 47.5 Å². The fourth-order valence-electron chi connectivity index (χ4n) is 4.28. The second-order valence-electron chi connectivity index (χ2n) is 10.5. The van der Waals surface area contributed by atoms with Crippen LogP contribution in [-0.2, 0) is 19.7 Å². The van der Waals surface area contributed by atoms with Gasteiger partial charge in [0.15, 0.2) is 0 Å². The Morgan fingerprint density at radius 1 is 1.00 bits per heavy atom. The van der Waals surface area contributed by atoms with E-state index in [0.717, 1.165) is 30.3 Å². The molecule has 31 heavy (non-hydrogen) atoms. The quantitative estimate of drug-likeness (QED) is 0.496. The molecule has 0 radical (unpaired) electrons. The average Bonchev–Trinajstić information content (AvgIpc) is 2.65.